The number of aliphatic imine (C=N–C) groups is 1. The highest BCUT2D eigenvalue weighted by atomic mass is 32.2. The predicted octanol–water partition coefficient (Wildman–Crippen LogP) is -4.20. The molecule has 37 nitrogen and oxygen atoms in total. The largest absolute Gasteiger partial charge is 0.454 e. The van der Waals surface area contributed by atoms with E-state index in [1.165, 1.54) is 67.0 Å². The molecule has 39 heteroatoms. The summed E-state index contributed by atoms with van der Waals surface area (Å²) in [6.45, 7) is -7.22. The Morgan fingerprint density at radius 3 is 1.50 bits per heavy atom. The molecule has 0 aromatic heterocycles. The molecule has 1 aliphatic rings. The number of nitrogens with two attached hydrogens (primary N) is 5. The number of hydrogen-bond donors (Lipinski definition) is 9. The summed E-state index contributed by atoms with van der Waals surface area (Å²) in [5.41, 5.74) is 24.4. The SMILES string of the molecule is COCCN(CC(=O)N[C@@H](CCCN=C(N)N)C(=O)N[C@@H](CCSC)C(N)=O)C(=O)CN(CCOC)C(=O)CN(CCOC)C(=O)CN(CCOC)C(=O)CN(CCO)C(=O)CN(Cc1ccc2c(c1)OCO2)C(=O)CN(CCCCN)C(=O)CN(Cc1ccccc1)C(=O)CNCCc1ccc(S(N)(=O)=O)cc1. The molecule has 0 radical (unpaired) electrons. The van der Waals surface area contributed by atoms with Crippen LogP contribution in [-0.4, -0.2) is 334 Å². The average Bonchev–Trinajstić information content (AvgIpc) is 1.83. The number of primary sulfonamides is 1. The minimum atomic E-state index is -3.90. The second-order valence-electron chi connectivity index (χ2n) is 25.2. The van der Waals surface area contributed by atoms with E-state index in [9.17, 15) is 66.3 Å². The number of thioether (sulfide) groups is 1. The number of primary amides is 1. The van der Waals surface area contributed by atoms with Crippen LogP contribution >= 0.6 is 11.8 Å². The summed E-state index contributed by atoms with van der Waals surface area (Å²) in [6.07, 6.45) is 3.47. The second kappa shape index (κ2) is 50.4. The van der Waals surface area contributed by atoms with Gasteiger partial charge in [0.15, 0.2) is 17.5 Å². The third-order valence-electron chi connectivity index (χ3n) is 17.0. The van der Waals surface area contributed by atoms with Gasteiger partial charge >= 0.3 is 0 Å². The van der Waals surface area contributed by atoms with Gasteiger partial charge in [-0.05, 0) is 105 Å². The van der Waals surface area contributed by atoms with Crippen molar-refractivity contribution in [1.29, 1.82) is 0 Å². The van der Waals surface area contributed by atoms with Crippen LogP contribution in [0.2, 0.25) is 0 Å². The molecular weight excluding hydrogens is 1460 g/mol. The number of guanidine groups is 1. The van der Waals surface area contributed by atoms with Gasteiger partial charge in [0.05, 0.1) is 83.7 Å². The maximum absolute atomic E-state index is 15.0. The zero-order valence-electron chi connectivity index (χ0n) is 62.8. The molecule has 109 heavy (non-hydrogen) atoms. The monoisotopic (exact) mass is 1570 g/mol. The first kappa shape index (κ1) is 92.1. The number of carbonyl (C=O) groups excluding carboxylic acids is 11. The zero-order valence-corrected chi connectivity index (χ0v) is 64.5. The number of nitrogens with zero attached hydrogens (tertiary/aromatic N) is 9. The number of unbranched alkanes of at least 4 members (excludes halogenated alkanes) is 1. The Kier molecular flexibility index (Phi) is 42.6. The Labute approximate surface area is 640 Å². The summed E-state index contributed by atoms with van der Waals surface area (Å²) in [5, 5.41) is 24.0. The van der Waals surface area contributed by atoms with Crippen LogP contribution in [-0.2, 0) is 101 Å². The number of rotatable bonds is 55. The molecule has 3 aromatic rings. The summed E-state index contributed by atoms with van der Waals surface area (Å²) in [4.78, 5) is 169. The van der Waals surface area contributed by atoms with Gasteiger partial charge in [-0.3, -0.25) is 57.7 Å². The number of sulfonamides is 1. The van der Waals surface area contributed by atoms with Crippen molar-refractivity contribution in [3.63, 3.8) is 0 Å². The van der Waals surface area contributed by atoms with Crippen LogP contribution in [0.4, 0.5) is 0 Å². The molecule has 2 atom stereocenters. The average molecular weight is 1570 g/mol. The summed E-state index contributed by atoms with van der Waals surface area (Å²) in [6, 6.07) is 17.5. The fourth-order valence-corrected chi connectivity index (χ4v) is 11.8. The van der Waals surface area contributed by atoms with Crippen molar-refractivity contribution in [2.24, 2.45) is 33.1 Å². The van der Waals surface area contributed by atoms with Gasteiger partial charge in [-0.15, -0.1) is 0 Å². The Hall–Kier alpha value is -9.32. The molecule has 0 saturated heterocycles. The van der Waals surface area contributed by atoms with Crippen molar-refractivity contribution in [3.05, 3.63) is 89.5 Å². The number of hydrogen-bond acceptors (Lipinski definition) is 24. The van der Waals surface area contributed by atoms with E-state index in [1.807, 2.05) is 6.26 Å². The van der Waals surface area contributed by atoms with E-state index in [1.54, 1.807) is 60.7 Å². The van der Waals surface area contributed by atoms with Crippen LogP contribution in [0.15, 0.2) is 82.7 Å². The lowest BCUT2D eigenvalue weighted by molar-refractivity contribution is -0.149. The Balaban J connectivity index is 1.58. The molecule has 1 heterocycles. The molecule has 14 N–H and O–H groups in total. The van der Waals surface area contributed by atoms with Crippen LogP contribution in [0, 0.1) is 0 Å². The quantitative estimate of drug-likeness (QED) is 0.0147. The smallest absolute Gasteiger partial charge is 0.243 e. The van der Waals surface area contributed by atoms with Gasteiger partial charge in [0, 0.05) is 87.3 Å². The van der Waals surface area contributed by atoms with Gasteiger partial charge in [0.2, 0.25) is 81.8 Å². The number of aliphatic hydroxyl groups is 1. The van der Waals surface area contributed by atoms with Crippen LogP contribution in [0.3, 0.4) is 0 Å². The van der Waals surface area contributed by atoms with E-state index in [0.29, 0.717) is 54.2 Å². The number of aliphatic hydroxyl groups excluding tert-OH is 1. The van der Waals surface area contributed by atoms with Crippen LogP contribution in [0.5, 0.6) is 11.5 Å². The Morgan fingerprint density at radius 1 is 0.541 bits per heavy atom. The maximum Gasteiger partial charge on any atom is 0.243 e. The summed E-state index contributed by atoms with van der Waals surface area (Å²) in [5.74, 6) is -6.95. The molecular formula is C70H109N17O20S2. The topological polar surface area (TPSA) is 502 Å². The van der Waals surface area contributed by atoms with Gasteiger partial charge < -0.3 is 112 Å². The third-order valence-corrected chi connectivity index (χ3v) is 18.5. The van der Waals surface area contributed by atoms with Crippen molar-refractivity contribution in [2.75, 3.05) is 198 Å². The zero-order chi connectivity index (χ0) is 80.3. The fourth-order valence-electron chi connectivity index (χ4n) is 10.9. The molecule has 0 fully saturated rings. The number of ether oxygens (including phenoxy) is 6. The Morgan fingerprint density at radius 2 is 1.01 bits per heavy atom. The molecule has 0 unspecified atom stereocenters. The third kappa shape index (κ3) is 34.4. The van der Waals surface area contributed by atoms with Crippen LogP contribution in [0.25, 0.3) is 0 Å². The highest BCUT2D eigenvalue weighted by molar-refractivity contribution is 7.98. The van der Waals surface area contributed by atoms with Crippen LogP contribution in [0.1, 0.15) is 48.8 Å². The number of benzene rings is 3. The van der Waals surface area contributed by atoms with E-state index in [4.69, 9.17) is 56.5 Å². The van der Waals surface area contributed by atoms with E-state index < -0.39 is 153 Å². The van der Waals surface area contributed by atoms with Crippen molar-refractivity contribution in [2.45, 2.75) is 68.6 Å². The first-order valence-electron chi connectivity index (χ1n) is 35.4. The van der Waals surface area contributed by atoms with Crippen molar-refractivity contribution in [1.82, 2.24) is 55.1 Å². The van der Waals surface area contributed by atoms with Gasteiger partial charge in [-0.25, -0.2) is 13.6 Å². The molecule has 0 spiro atoms. The number of fused-ring (bicyclic) bond motifs is 1. The van der Waals surface area contributed by atoms with Crippen LogP contribution < -0.4 is 53.5 Å². The number of nitrogens with one attached hydrogen (secondary N) is 3. The second-order valence-corrected chi connectivity index (χ2v) is 27.7. The highest BCUT2D eigenvalue weighted by Gasteiger charge is 2.33. The minimum absolute atomic E-state index is 0.00615. The summed E-state index contributed by atoms with van der Waals surface area (Å²) >= 11 is 1.43. The molecule has 3 aromatic carbocycles. The lowest BCUT2D eigenvalue weighted by Crippen LogP contribution is -2.55. The van der Waals surface area contributed by atoms with Crippen molar-refractivity contribution in [3.8, 4) is 11.5 Å². The predicted molar refractivity (Wildman–Crippen MR) is 403 cm³/mol. The van der Waals surface area contributed by atoms with Crippen molar-refractivity contribution < 1.29 is 94.7 Å². The lowest BCUT2D eigenvalue weighted by Gasteiger charge is -2.32. The van der Waals surface area contributed by atoms with E-state index in [2.05, 4.69) is 20.9 Å². The van der Waals surface area contributed by atoms with Gasteiger partial charge in [-0.2, -0.15) is 11.8 Å². The normalized spacial score (nSPS) is 12.0. The number of methoxy groups -OCH3 is 4. The molecule has 4 rings (SSSR count). The molecule has 0 aliphatic carbocycles. The highest BCUT2D eigenvalue weighted by Crippen LogP contribution is 2.33. The number of amides is 11. The van der Waals surface area contributed by atoms with Crippen molar-refractivity contribution >= 4 is 92.7 Å². The molecule has 1 aliphatic heterocycles. The molecule has 606 valence electrons. The van der Waals surface area contributed by atoms with E-state index >= 15 is 0 Å². The molecule has 0 bridgehead atoms. The number of carbonyl (C=O) groups is 11. The Bertz CT molecular complexity index is 3550. The molecule has 0 saturated carbocycles. The maximum atomic E-state index is 15.0. The standard InChI is InChI=1S/C70H109N17O20S2/c1-102-33-28-82(42-59(89)78-56(14-11-24-77-70(73)74)69(99)79-55(68(72)98)22-37-108-5)61(91)44-83(29-34-103-2)63(93)46-85(31-36-105-4)64(94)45-84(30-35-104-3)62(92)43-81(27-32-88)66(96)49-87(41-53-17-20-57-58(38-53)107-50-106-57)67(97)47-80(26-10-9-23-71)65(95)48-86(40-52-12-7-6-8-13-52)60(90)39-76-25-21-51-15-18-54(19-16-51)109(75,100)101/h6-8,12-13,15-20,38,55-56,76,88H,9-11,14,21-37,39-50,71H2,1-5H3,(H2,72,98)(H,78,89)(H,79,99)(H4,73,74,77)(H2,75,100,101)/t55-,56-/m0/s1. The lowest BCUT2D eigenvalue weighted by atomic mass is 10.1. The summed E-state index contributed by atoms with van der Waals surface area (Å²) < 4.78 is 55.9. The fraction of sp³-hybridized carbons (Fsp3) is 0.571. The first-order valence-corrected chi connectivity index (χ1v) is 38.3. The van der Waals surface area contributed by atoms with E-state index in [-0.39, 0.29) is 129 Å². The van der Waals surface area contributed by atoms with E-state index in [0.717, 1.165) is 30.1 Å². The van der Waals surface area contributed by atoms with Gasteiger partial charge in [0.1, 0.15) is 25.2 Å². The molecule has 11 amide bonds. The summed E-state index contributed by atoms with van der Waals surface area (Å²) in [7, 11) is 1.54. The van der Waals surface area contributed by atoms with Gasteiger partial charge in [0.25, 0.3) is 0 Å². The minimum Gasteiger partial charge on any atom is -0.454 e. The first-order chi connectivity index (χ1) is 52.2. The van der Waals surface area contributed by atoms with Gasteiger partial charge in [-0.1, -0.05) is 48.5 Å².